The van der Waals surface area contributed by atoms with Crippen LogP contribution in [0.5, 0.6) is 0 Å². The summed E-state index contributed by atoms with van der Waals surface area (Å²) in [5.41, 5.74) is 5.09. The molecule has 1 aromatic rings. The van der Waals surface area contributed by atoms with Gasteiger partial charge < -0.3 is 15.7 Å². The Morgan fingerprint density at radius 1 is 1.16 bits per heavy atom. The average Bonchev–Trinajstić information content (AvgIpc) is 2.29. The topological polar surface area (TPSA) is 101 Å². The lowest BCUT2D eigenvalue weighted by atomic mass is 10.2. The normalized spacial score (nSPS) is 10.0. The molecule has 1 aromatic carbocycles. The molecule has 0 saturated carbocycles. The first kappa shape index (κ1) is 15.3. The van der Waals surface area contributed by atoms with Crippen LogP contribution in [-0.4, -0.2) is 40.9 Å². The zero-order valence-electron chi connectivity index (χ0n) is 9.60. The third-order valence-corrected chi connectivity index (χ3v) is 2.87. The summed E-state index contributed by atoms with van der Waals surface area (Å²) in [6, 6.07) is 4.08. The van der Waals surface area contributed by atoms with Crippen molar-refractivity contribution in [1.29, 1.82) is 0 Å². The fourth-order valence-electron chi connectivity index (χ4n) is 1.36. The number of carboxylic acids is 1. The van der Waals surface area contributed by atoms with E-state index in [0.717, 1.165) is 4.90 Å². The molecule has 0 heterocycles. The molecule has 0 aliphatic rings. The van der Waals surface area contributed by atoms with Gasteiger partial charge in [-0.1, -0.05) is 23.2 Å². The summed E-state index contributed by atoms with van der Waals surface area (Å²) in [4.78, 5) is 34.3. The van der Waals surface area contributed by atoms with Crippen LogP contribution in [0.3, 0.4) is 0 Å². The molecule has 0 spiro atoms. The average molecular weight is 305 g/mol. The molecule has 0 fully saturated rings. The lowest BCUT2D eigenvalue weighted by molar-refractivity contribution is -0.138. The molecule has 2 amide bonds. The highest BCUT2D eigenvalue weighted by molar-refractivity contribution is 6.42. The van der Waals surface area contributed by atoms with E-state index >= 15 is 0 Å². The molecule has 6 nitrogen and oxygen atoms in total. The molecular weight excluding hydrogens is 295 g/mol. The third kappa shape index (κ3) is 4.42. The van der Waals surface area contributed by atoms with Crippen molar-refractivity contribution < 1.29 is 19.5 Å². The fraction of sp³-hybridized carbons (Fsp3) is 0.182. The summed E-state index contributed by atoms with van der Waals surface area (Å²) < 4.78 is 0. The molecule has 0 saturated heterocycles. The van der Waals surface area contributed by atoms with E-state index in [2.05, 4.69) is 0 Å². The van der Waals surface area contributed by atoms with E-state index in [1.54, 1.807) is 0 Å². The second-order valence-corrected chi connectivity index (χ2v) is 4.46. The molecule has 1 rings (SSSR count). The number of carbonyl (C=O) groups is 3. The predicted molar refractivity (Wildman–Crippen MR) is 69.2 cm³/mol. The summed E-state index contributed by atoms with van der Waals surface area (Å²) in [6.45, 7) is -1.13. The molecule has 0 bridgehead atoms. The molecule has 19 heavy (non-hydrogen) atoms. The molecule has 0 aliphatic heterocycles. The van der Waals surface area contributed by atoms with Gasteiger partial charge >= 0.3 is 5.97 Å². The molecule has 3 N–H and O–H groups in total. The first-order valence-corrected chi connectivity index (χ1v) is 5.81. The monoisotopic (exact) mass is 304 g/mol. The minimum atomic E-state index is -1.25. The summed E-state index contributed by atoms with van der Waals surface area (Å²) in [5.74, 6) is -2.73. The minimum absolute atomic E-state index is 0.122. The highest BCUT2D eigenvalue weighted by Crippen LogP contribution is 2.23. The molecule has 0 atom stereocenters. The number of nitrogens with two attached hydrogens (primary N) is 1. The highest BCUT2D eigenvalue weighted by atomic mass is 35.5. The van der Waals surface area contributed by atoms with Crippen LogP contribution in [0.15, 0.2) is 18.2 Å². The van der Waals surface area contributed by atoms with Crippen molar-refractivity contribution in [3.63, 3.8) is 0 Å². The lowest BCUT2D eigenvalue weighted by Gasteiger charge is -2.19. The van der Waals surface area contributed by atoms with Crippen LogP contribution >= 0.6 is 23.2 Å². The van der Waals surface area contributed by atoms with Gasteiger partial charge in [0, 0.05) is 5.56 Å². The van der Waals surface area contributed by atoms with Crippen LogP contribution in [0.4, 0.5) is 0 Å². The van der Waals surface area contributed by atoms with Gasteiger partial charge in [-0.3, -0.25) is 14.4 Å². The molecule has 8 heteroatoms. The smallest absolute Gasteiger partial charge is 0.323 e. The van der Waals surface area contributed by atoms with E-state index < -0.39 is 30.9 Å². The maximum absolute atomic E-state index is 12.0. The standard InChI is InChI=1S/C11H10Cl2N2O4/c12-7-2-1-6(3-8(7)13)11(19)15(4-9(14)16)5-10(17)18/h1-3H,4-5H2,(H2,14,16)(H,17,18). The summed E-state index contributed by atoms with van der Waals surface area (Å²) in [6.07, 6.45) is 0. The van der Waals surface area contributed by atoms with Gasteiger partial charge in [0.1, 0.15) is 13.1 Å². The predicted octanol–water partition coefficient (Wildman–Crippen LogP) is 1.01. The number of aliphatic carboxylic acids is 1. The van der Waals surface area contributed by atoms with Gasteiger partial charge in [0.15, 0.2) is 0 Å². The van der Waals surface area contributed by atoms with Crippen LogP contribution in [-0.2, 0) is 9.59 Å². The molecule has 0 radical (unpaired) electrons. The largest absolute Gasteiger partial charge is 0.480 e. The minimum Gasteiger partial charge on any atom is -0.480 e. The summed E-state index contributed by atoms with van der Waals surface area (Å²) in [5, 5.41) is 9.11. The van der Waals surface area contributed by atoms with E-state index in [9.17, 15) is 14.4 Å². The van der Waals surface area contributed by atoms with Gasteiger partial charge in [-0.05, 0) is 18.2 Å². The first-order chi connectivity index (χ1) is 8.81. The Kier molecular flexibility index (Phi) is 5.14. The SMILES string of the molecule is NC(=O)CN(CC(=O)O)C(=O)c1ccc(Cl)c(Cl)c1. The molecule has 0 aliphatic carbocycles. The van der Waals surface area contributed by atoms with Crippen LogP contribution in [0.25, 0.3) is 0 Å². The zero-order valence-corrected chi connectivity index (χ0v) is 11.1. The number of halogens is 2. The van der Waals surface area contributed by atoms with Gasteiger partial charge in [-0.2, -0.15) is 0 Å². The summed E-state index contributed by atoms with van der Waals surface area (Å²) >= 11 is 11.5. The first-order valence-electron chi connectivity index (χ1n) is 5.05. The summed E-state index contributed by atoms with van der Waals surface area (Å²) in [7, 11) is 0. The number of nitrogens with zero attached hydrogens (tertiary/aromatic N) is 1. The maximum atomic E-state index is 12.0. The number of carboxylic acid groups (broad SMARTS) is 1. The number of carbonyl (C=O) groups excluding carboxylic acids is 2. The lowest BCUT2D eigenvalue weighted by Crippen LogP contribution is -2.41. The highest BCUT2D eigenvalue weighted by Gasteiger charge is 2.20. The Hall–Kier alpha value is -1.79. The van der Waals surface area contributed by atoms with Crippen molar-refractivity contribution in [1.82, 2.24) is 4.90 Å². The van der Waals surface area contributed by atoms with Crippen molar-refractivity contribution in [2.24, 2.45) is 5.73 Å². The molecular formula is C11H10Cl2N2O4. The van der Waals surface area contributed by atoms with E-state index in [1.807, 2.05) is 0 Å². The van der Waals surface area contributed by atoms with Crippen LogP contribution in [0.1, 0.15) is 10.4 Å². The quantitative estimate of drug-likeness (QED) is 0.847. The van der Waals surface area contributed by atoms with E-state index in [1.165, 1.54) is 18.2 Å². The van der Waals surface area contributed by atoms with Gasteiger partial charge in [0.25, 0.3) is 5.91 Å². The second kappa shape index (κ2) is 6.40. The zero-order chi connectivity index (χ0) is 14.6. The van der Waals surface area contributed by atoms with Crippen molar-refractivity contribution in [2.45, 2.75) is 0 Å². The van der Waals surface area contributed by atoms with Gasteiger partial charge in [0.05, 0.1) is 10.0 Å². The maximum Gasteiger partial charge on any atom is 0.323 e. The van der Waals surface area contributed by atoms with Crippen molar-refractivity contribution in [3.8, 4) is 0 Å². The number of hydrogen-bond donors (Lipinski definition) is 2. The van der Waals surface area contributed by atoms with Crippen LogP contribution in [0.2, 0.25) is 10.0 Å². The molecule has 0 unspecified atom stereocenters. The van der Waals surface area contributed by atoms with Crippen molar-refractivity contribution in [2.75, 3.05) is 13.1 Å². The second-order valence-electron chi connectivity index (χ2n) is 3.65. The fourth-order valence-corrected chi connectivity index (χ4v) is 1.66. The van der Waals surface area contributed by atoms with E-state index in [4.69, 9.17) is 34.0 Å². The Labute approximate surface area is 118 Å². The number of primary amides is 1. The number of benzene rings is 1. The van der Waals surface area contributed by atoms with E-state index in [0.29, 0.717) is 0 Å². The molecule has 102 valence electrons. The van der Waals surface area contributed by atoms with Crippen molar-refractivity contribution in [3.05, 3.63) is 33.8 Å². The third-order valence-electron chi connectivity index (χ3n) is 2.13. The Morgan fingerprint density at radius 2 is 1.79 bits per heavy atom. The number of rotatable bonds is 5. The van der Waals surface area contributed by atoms with Crippen LogP contribution < -0.4 is 5.73 Å². The van der Waals surface area contributed by atoms with Gasteiger partial charge in [0.2, 0.25) is 5.91 Å². The van der Waals surface area contributed by atoms with E-state index in [-0.39, 0.29) is 15.6 Å². The van der Waals surface area contributed by atoms with Gasteiger partial charge in [-0.15, -0.1) is 0 Å². The Bertz CT molecular complexity index is 517. The number of amides is 2. The Morgan fingerprint density at radius 3 is 2.26 bits per heavy atom. The molecule has 0 aromatic heterocycles. The number of hydrogen-bond acceptors (Lipinski definition) is 3. The van der Waals surface area contributed by atoms with Crippen molar-refractivity contribution >= 4 is 41.0 Å². The van der Waals surface area contributed by atoms with Crippen LogP contribution in [0, 0.1) is 0 Å². The Balaban J connectivity index is 3.00. The van der Waals surface area contributed by atoms with Gasteiger partial charge in [-0.25, -0.2) is 0 Å².